The summed E-state index contributed by atoms with van der Waals surface area (Å²) in [4.78, 5) is 39.9. The average molecular weight is 467 g/mol. The Labute approximate surface area is 199 Å². The largest absolute Gasteiger partial charge is 0.456 e. The van der Waals surface area contributed by atoms with Crippen LogP contribution in [0.4, 0.5) is 5.69 Å². The summed E-state index contributed by atoms with van der Waals surface area (Å²) in [6.45, 7) is 3.76. The first-order valence-corrected chi connectivity index (χ1v) is 12.2. The molecular weight excluding hydrogens is 436 g/mol. The number of hydrogen-bond acceptors (Lipinski definition) is 6. The van der Waals surface area contributed by atoms with Crippen molar-refractivity contribution in [3.63, 3.8) is 0 Å². The van der Waals surface area contributed by atoms with E-state index < -0.39 is 12.0 Å². The van der Waals surface area contributed by atoms with Crippen molar-refractivity contribution in [3.8, 4) is 0 Å². The maximum absolute atomic E-state index is 12.7. The van der Waals surface area contributed by atoms with Gasteiger partial charge in [-0.3, -0.25) is 9.59 Å². The molecule has 3 rings (SSSR count). The molecule has 1 aliphatic rings. The van der Waals surface area contributed by atoms with Crippen molar-refractivity contribution >= 4 is 35.1 Å². The molecule has 0 aromatic heterocycles. The smallest absolute Gasteiger partial charge is 0.329 e. The van der Waals surface area contributed by atoms with Crippen LogP contribution in [0.3, 0.4) is 0 Å². The Morgan fingerprint density at radius 1 is 1.09 bits per heavy atom. The summed E-state index contributed by atoms with van der Waals surface area (Å²) < 4.78 is 5.32. The van der Waals surface area contributed by atoms with E-state index in [-0.39, 0.29) is 23.7 Å². The van der Waals surface area contributed by atoms with Gasteiger partial charge in [-0.25, -0.2) is 4.79 Å². The lowest BCUT2D eigenvalue weighted by Crippen LogP contribution is -2.42. The molecule has 0 spiro atoms. The molecule has 1 aliphatic heterocycles. The summed E-state index contributed by atoms with van der Waals surface area (Å²) >= 11 is 1.57. The van der Waals surface area contributed by atoms with Crippen molar-refractivity contribution in [3.05, 3.63) is 77.5 Å². The number of benzene rings is 2. The SMILES string of the molecule is CSCCC(NC(=O)c1ccccc1)C(=O)OCC(=O)/C=C1/N(C)c2ccccc2C1(C)C. The number of rotatable bonds is 9. The van der Waals surface area contributed by atoms with Gasteiger partial charge in [0.1, 0.15) is 6.04 Å². The van der Waals surface area contributed by atoms with Crippen LogP contribution in [0.25, 0.3) is 0 Å². The number of amides is 1. The number of fused-ring (bicyclic) bond motifs is 1. The Balaban J connectivity index is 1.65. The monoisotopic (exact) mass is 466 g/mol. The Hall–Kier alpha value is -3.06. The molecule has 2 aromatic carbocycles. The van der Waals surface area contributed by atoms with Crippen molar-refractivity contribution < 1.29 is 19.1 Å². The zero-order valence-corrected chi connectivity index (χ0v) is 20.3. The van der Waals surface area contributed by atoms with E-state index in [1.54, 1.807) is 42.1 Å². The summed E-state index contributed by atoms with van der Waals surface area (Å²) in [6, 6.07) is 15.9. The second kappa shape index (κ2) is 10.7. The third-order valence-electron chi connectivity index (χ3n) is 5.83. The van der Waals surface area contributed by atoms with E-state index in [0.29, 0.717) is 17.7 Å². The highest BCUT2D eigenvalue weighted by molar-refractivity contribution is 7.98. The lowest BCUT2D eigenvalue weighted by atomic mass is 9.83. The second-order valence-corrected chi connectivity index (χ2v) is 9.46. The molecule has 1 N–H and O–H groups in total. The number of hydrogen-bond donors (Lipinski definition) is 1. The van der Waals surface area contributed by atoms with E-state index in [0.717, 1.165) is 16.9 Å². The molecule has 1 unspecified atom stereocenters. The second-order valence-electron chi connectivity index (χ2n) is 8.48. The number of ketones is 1. The van der Waals surface area contributed by atoms with Crippen LogP contribution in [0.5, 0.6) is 0 Å². The molecule has 6 nitrogen and oxygen atoms in total. The Bertz CT molecular complexity index is 1050. The van der Waals surface area contributed by atoms with Crippen molar-refractivity contribution in [2.75, 3.05) is 30.6 Å². The van der Waals surface area contributed by atoms with E-state index in [9.17, 15) is 14.4 Å². The fraction of sp³-hybridized carbons (Fsp3) is 0.346. The highest BCUT2D eigenvalue weighted by Gasteiger charge is 2.38. The van der Waals surface area contributed by atoms with Gasteiger partial charge in [-0.15, -0.1) is 0 Å². The van der Waals surface area contributed by atoms with Crippen LogP contribution in [-0.2, 0) is 19.7 Å². The van der Waals surface area contributed by atoms with Gasteiger partial charge >= 0.3 is 5.97 Å². The highest BCUT2D eigenvalue weighted by Crippen LogP contribution is 2.46. The normalized spacial score (nSPS) is 16.2. The molecule has 0 fully saturated rings. The van der Waals surface area contributed by atoms with Gasteiger partial charge in [0, 0.05) is 35.5 Å². The molecule has 1 heterocycles. The average Bonchev–Trinajstić information content (AvgIpc) is 3.01. The zero-order valence-electron chi connectivity index (χ0n) is 19.5. The minimum Gasteiger partial charge on any atom is -0.456 e. The van der Waals surface area contributed by atoms with Gasteiger partial charge in [0.05, 0.1) is 0 Å². The number of nitrogens with one attached hydrogen (secondary N) is 1. The van der Waals surface area contributed by atoms with Gasteiger partial charge in [-0.05, 0) is 42.2 Å². The number of anilines is 1. The molecule has 174 valence electrons. The summed E-state index contributed by atoms with van der Waals surface area (Å²) in [5, 5.41) is 2.74. The number of ether oxygens (including phenoxy) is 1. The molecule has 2 aromatic rings. The van der Waals surface area contributed by atoms with Crippen LogP contribution < -0.4 is 10.2 Å². The van der Waals surface area contributed by atoms with Crippen LogP contribution in [0.2, 0.25) is 0 Å². The minimum absolute atomic E-state index is 0.302. The molecule has 0 saturated carbocycles. The number of allylic oxidation sites excluding steroid dienone is 1. The molecule has 1 atom stereocenters. The van der Waals surface area contributed by atoms with E-state index in [1.165, 1.54) is 0 Å². The predicted octanol–water partition coefficient (Wildman–Crippen LogP) is 3.96. The first-order valence-electron chi connectivity index (χ1n) is 10.9. The number of carbonyl (C=O) groups excluding carboxylic acids is 3. The van der Waals surface area contributed by atoms with Crippen molar-refractivity contribution in [2.24, 2.45) is 0 Å². The van der Waals surface area contributed by atoms with Crippen molar-refractivity contribution in [1.82, 2.24) is 5.32 Å². The topological polar surface area (TPSA) is 75.7 Å². The number of esters is 1. The van der Waals surface area contributed by atoms with E-state index >= 15 is 0 Å². The Morgan fingerprint density at radius 2 is 1.76 bits per heavy atom. The maximum atomic E-state index is 12.7. The quantitative estimate of drug-likeness (QED) is 0.445. The Kier molecular flexibility index (Phi) is 7.97. The van der Waals surface area contributed by atoms with E-state index in [4.69, 9.17) is 4.74 Å². The molecular formula is C26H30N2O4S. The van der Waals surface area contributed by atoms with Crippen molar-refractivity contribution in [2.45, 2.75) is 31.7 Å². The number of carbonyl (C=O) groups is 3. The van der Waals surface area contributed by atoms with Crippen molar-refractivity contribution in [1.29, 1.82) is 0 Å². The highest BCUT2D eigenvalue weighted by atomic mass is 32.2. The van der Waals surface area contributed by atoms with Gasteiger partial charge in [0.15, 0.2) is 12.4 Å². The lowest BCUT2D eigenvalue weighted by Gasteiger charge is -2.24. The molecule has 0 saturated heterocycles. The maximum Gasteiger partial charge on any atom is 0.329 e. The summed E-state index contributed by atoms with van der Waals surface area (Å²) in [5.41, 5.74) is 3.17. The first kappa shape index (κ1) is 24.6. The third-order valence-corrected chi connectivity index (χ3v) is 6.48. The fourth-order valence-corrected chi connectivity index (χ4v) is 4.48. The number of thioether (sulfide) groups is 1. The molecule has 7 heteroatoms. The predicted molar refractivity (Wildman–Crippen MR) is 133 cm³/mol. The van der Waals surface area contributed by atoms with Gasteiger partial charge in [-0.1, -0.05) is 50.2 Å². The summed E-state index contributed by atoms with van der Waals surface area (Å²) in [7, 11) is 1.93. The zero-order chi connectivity index (χ0) is 24.0. The van der Waals surface area contributed by atoms with Crippen LogP contribution >= 0.6 is 11.8 Å². The summed E-state index contributed by atoms with van der Waals surface area (Å²) in [6.07, 6.45) is 3.89. The van der Waals surface area contributed by atoms with E-state index in [1.807, 2.05) is 42.5 Å². The molecule has 0 bridgehead atoms. The first-order chi connectivity index (χ1) is 15.8. The number of nitrogens with zero attached hydrogens (tertiary/aromatic N) is 1. The van der Waals surface area contributed by atoms with Crippen LogP contribution in [0.15, 0.2) is 66.4 Å². The van der Waals surface area contributed by atoms with Crippen LogP contribution in [0.1, 0.15) is 36.2 Å². The standard InChI is InChI=1S/C26H30N2O4S/c1-26(2)20-12-8-9-13-22(20)28(3)23(26)16-19(29)17-32-25(31)21(14-15-33-4)27-24(30)18-10-6-5-7-11-18/h5-13,16,21H,14-15,17H2,1-4H3,(H,27,30)/b23-16+. The summed E-state index contributed by atoms with van der Waals surface area (Å²) in [5.74, 6) is -0.588. The molecule has 0 aliphatic carbocycles. The molecule has 0 radical (unpaired) electrons. The third kappa shape index (κ3) is 5.66. The van der Waals surface area contributed by atoms with Gasteiger partial charge in [0.2, 0.25) is 0 Å². The number of likely N-dealkylation sites (N-methyl/N-ethyl adjacent to an activating group) is 1. The number of para-hydroxylation sites is 1. The van der Waals surface area contributed by atoms with E-state index in [2.05, 4.69) is 25.2 Å². The molecule has 33 heavy (non-hydrogen) atoms. The molecule has 1 amide bonds. The van der Waals surface area contributed by atoms with Crippen LogP contribution in [0, 0.1) is 0 Å². The van der Waals surface area contributed by atoms with Gasteiger partial charge in [-0.2, -0.15) is 11.8 Å². The fourth-order valence-electron chi connectivity index (χ4n) is 4.01. The Morgan fingerprint density at radius 3 is 2.42 bits per heavy atom. The van der Waals surface area contributed by atoms with Gasteiger partial charge in [0.25, 0.3) is 5.91 Å². The lowest BCUT2D eigenvalue weighted by molar-refractivity contribution is -0.149. The van der Waals surface area contributed by atoms with Gasteiger partial charge < -0.3 is 15.0 Å². The minimum atomic E-state index is -0.819. The van der Waals surface area contributed by atoms with Crippen LogP contribution in [-0.4, -0.2) is 49.4 Å².